The van der Waals surface area contributed by atoms with Gasteiger partial charge in [-0.05, 0) is 227 Å². The normalized spacial score (nSPS) is 53.9. The monoisotopic (exact) mass is 1290 g/mol. The molecule has 0 bridgehead atoms. The molecule has 16 aliphatic rings. The summed E-state index contributed by atoms with van der Waals surface area (Å²) in [5.74, 6) is 3.25. The Morgan fingerprint density at radius 1 is 0.554 bits per heavy atom. The fourth-order valence-corrected chi connectivity index (χ4v) is 28.0. The number of fused-ring (bicyclic) bond motifs is 8. The van der Waals surface area contributed by atoms with Crippen molar-refractivity contribution in [2.24, 2.45) is 107 Å². The summed E-state index contributed by atoms with van der Waals surface area (Å²) in [5.41, 5.74) is 7.69. The third-order valence-electron chi connectivity index (χ3n) is 32.9. The molecular formula is C74H121N5O13. The van der Waals surface area contributed by atoms with Gasteiger partial charge in [0.15, 0.2) is 12.6 Å². The molecule has 16 fully saturated rings. The van der Waals surface area contributed by atoms with E-state index < -0.39 is 47.8 Å². The summed E-state index contributed by atoms with van der Waals surface area (Å²) in [6.07, 6.45) is 14.5. The molecule has 0 radical (unpaired) electrons. The van der Waals surface area contributed by atoms with E-state index in [2.05, 4.69) is 89.1 Å². The molecule has 6 aliphatic heterocycles. The van der Waals surface area contributed by atoms with E-state index in [1.807, 2.05) is 0 Å². The van der Waals surface area contributed by atoms with E-state index in [-0.39, 0.29) is 86.7 Å². The van der Waals surface area contributed by atoms with Gasteiger partial charge in [-0.2, -0.15) is 0 Å². The largest absolute Gasteiger partial charge is 0.390 e. The molecule has 18 heteroatoms. The zero-order valence-electron chi connectivity index (χ0n) is 58.8. The fourth-order valence-electron chi connectivity index (χ4n) is 28.0. The summed E-state index contributed by atoms with van der Waals surface area (Å²) in [5, 5.41) is 61.6. The summed E-state index contributed by atoms with van der Waals surface area (Å²) < 4.78 is 50.6. The van der Waals surface area contributed by atoms with Gasteiger partial charge in [0.2, 0.25) is 0 Å². The average molecular weight is 1290 g/mol. The van der Waals surface area contributed by atoms with Gasteiger partial charge in [0.05, 0.1) is 131 Å². The lowest BCUT2D eigenvalue weighted by Crippen LogP contribution is -2.60. The van der Waals surface area contributed by atoms with Crippen LogP contribution < -0.4 is 0 Å². The van der Waals surface area contributed by atoms with Crippen LogP contribution in [-0.2, 0) is 37.9 Å². The van der Waals surface area contributed by atoms with Crippen LogP contribution in [-0.4, -0.2) is 198 Å². The maximum Gasteiger partial charge on any atom is 0.170 e. The molecule has 4 unspecified atom stereocenters. The third-order valence-corrected chi connectivity index (χ3v) is 32.9. The topological polar surface area (TPSA) is 230 Å². The Morgan fingerprint density at radius 2 is 0.957 bits per heavy atom. The summed E-state index contributed by atoms with van der Waals surface area (Å²) in [7, 11) is 0. The molecule has 6 heterocycles. The van der Waals surface area contributed by atoms with Crippen LogP contribution in [0, 0.1) is 101 Å². The van der Waals surface area contributed by atoms with Crippen LogP contribution in [0.15, 0.2) is 5.11 Å². The number of azide groups is 1. The van der Waals surface area contributed by atoms with Gasteiger partial charge in [0, 0.05) is 28.8 Å². The van der Waals surface area contributed by atoms with Crippen LogP contribution in [0.3, 0.4) is 0 Å². The molecule has 18 nitrogen and oxygen atoms in total. The Balaban J connectivity index is 0.000000153. The number of rotatable bonds is 11. The molecule has 4 spiro atoms. The van der Waals surface area contributed by atoms with Crippen molar-refractivity contribution in [3.05, 3.63) is 10.4 Å². The lowest BCUT2D eigenvalue weighted by atomic mass is 9.41. The summed E-state index contributed by atoms with van der Waals surface area (Å²) in [6.45, 7) is 39.3. The summed E-state index contributed by atoms with van der Waals surface area (Å²) >= 11 is 0. The van der Waals surface area contributed by atoms with Crippen LogP contribution in [0.1, 0.15) is 200 Å². The standard InChI is InChI=1S/C37H60N4O6.C37H61NO7/c1-21-16-23(30(39-40-38)33(4,5)43)46-29-28(21)34(6)12-13-37-20-36(37)11-10-26(47-27-17-41(14-15-45-27)22-18-44-19-22)32(2,3)24(36)8-9-25(37)35(34,7)31(29)42;1-21-16-23(30(39)33(4,5)41)44-29-28(21)34(6)12-13-37-20-36(37)11-10-26(45-27-17-38(14-15-43-27)22-18-42-19-22)32(2,3)24(36)8-9-25(37)35(34,7)31(29)40/h21-31,42-43H,8-20H2,1-7H3;21-31,39-41H,8-20H2,1-7H3/t2*21-,23-,24+,25+,26?,27+,28+,29+,30+,31+,34-,35-,36?,37+/m11/s1. The van der Waals surface area contributed by atoms with E-state index in [4.69, 9.17) is 37.9 Å². The second kappa shape index (κ2) is 22.1. The maximum absolute atomic E-state index is 12.5. The molecule has 10 aliphatic carbocycles. The van der Waals surface area contributed by atoms with Crippen LogP contribution in [0.4, 0.5) is 0 Å². The van der Waals surface area contributed by atoms with Gasteiger partial charge >= 0.3 is 0 Å². The summed E-state index contributed by atoms with van der Waals surface area (Å²) in [4.78, 5) is 8.07. The molecule has 10 saturated carbocycles. The second-order valence-electron chi connectivity index (χ2n) is 37.7. The van der Waals surface area contributed by atoms with Crippen LogP contribution in [0.5, 0.6) is 0 Å². The lowest BCUT2D eigenvalue weighted by molar-refractivity contribution is -0.256. The number of hydrogen-bond donors (Lipinski definition) is 5. The van der Waals surface area contributed by atoms with E-state index in [9.17, 15) is 31.1 Å². The number of aliphatic hydroxyl groups excluding tert-OH is 3. The van der Waals surface area contributed by atoms with Crippen molar-refractivity contribution in [1.29, 1.82) is 0 Å². The maximum atomic E-state index is 12.5. The number of morpholine rings is 2. The quantitative estimate of drug-likeness (QED) is 0.0736. The molecule has 0 aromatic rings. The Kier molecular flexibility index (Phi) is 16.0. The first-order valence-corrected chi connectivity index (χ1v) is 37.3. The first-order valence-electron chi connectivity index (χ1n) is 37.3. The van der Waals surface area contributed by atoms with E-state index >= 15 is 0 Å². The highest BCUT2D eigenvalue weighted by molar-refractivity contribution is 5.35. The first kappa shape index (κ1) is 66.6. The Bertz CT molecular complexity index is 2840. The van der Waals surface area contributed by atoms with Gasteiger partial charge in [-0.3, -0.25) is 9.80 Å². The Morgan fingerprint density at radius 3 is 1.35 bits per heavy atom. The predicted octanol–water partition coefficient (Wildman–Crippen LogP) is 10.1. The Labute approximate surface area is 550 Å². The van der Waals surface area contributed by atoms with Gasteiger partial charge in [-0.1, -0.05) is 74.4 Å². The summed E-state index contributed by atoms with van der Waals surface area (Å²) in [6, 6.07) is 0.326. The average Bonchev–Trinajstić information content (AvgIpc) is 1.46. The van der Waals surface area contributed by atoms with E-state index in [0.717, 1.165) is 117 Å². The Hall–Kier alpha value is -1.29. The molecular weight excluding hydrogens is 1170 g/mol. The van der Waals surface area contributed by atoms with E-state index in [1.165, 1.54) is 51.4 Å². The first-order chi connectivity index (χ1) is 43.2. The highest BCUT2D eigenvalue weighted by Crippen LogP contribution is 2.91. The van der Waals surface area contributed by atoms with Crippen molar-refractivity contribution < 1.29 is 63.4 Å². The highest BCUT2D eigenvalue weighted by atomic mass is 16.7. The smallest absolute Gasteiger partial charge is 0.170 e. The zero-order valence-corrected chi connectivity index (χ0v) is 58.8. The number of ether oxygens (including phenoxy) is 8. The molecule has 0 aromatic heterocycles. The molecule has 0 amide bonds. The molecule has 0 aromatic carbocycles. The van der Waals surface area contributed by atoms with Crippen molar-refractivity contribution in [2.45, 2.75) is 297 Å². The lowest BCUT2D eigenvalue weighted by Gasteiger charge is -2.64. The van der Waals surface area contributed by atoms with Gasteiger partial charge in [-0.25, -0.2) is 0 Å². The van der Waals surface area contributed by atoms with Crippen molar-refractivity contribution in [2.75, 3.05) is 65.8 Å². The SMILES string of the molecule is C[C@@H]1C[C@H]([C@H](N=[N+]=[N-])C(C)(C)O)O[C@H]2[C@H]1[C@@]1(C)CC[C@@]34CC35CCC(O[C@H]3CN(C6COC6)CCO3)C(C)(C)[C@@H]5CC[C@H]4[C@]1(C)[C@H]2O.C[C@@H]1C[C@H]([C@H](O)C(C)(C)O)O[C@H]2[C@H]1[C@@]1(C)CC[C@@]34CC35CCC(O[C@H]3CN(C6COC6)CCO3)C(C)(C)[C@@H]5CC[C@H]4[C@]1(C)[C@H]2O. The van der Waals surface area contributed by atoms with Gasteiger partial charge in [-0.15, -0.1) is 0 Å². The molecule has 92 heavy (non-hydrogen) atoms. The molecule has 28 atom stereocenters. The van der Waals surface area contributed by atoms with Crippen molar-refractivity contribution in [1.82, 2.24) is 9.80 Å². The molecule has 5 N–H and O–H groups in total. The van der Waals surface area contributed by atoms with Gasteiger partial charge < -0.3 is 63.4 Å². The third kappa shape index (κ3) is 9.11. The number of aliphatic hydroxyl groups is 5. The van der Waals surface area contributed by atoms with Crippen LogP contribution in [0.25, 0.3) is 10.4 Å². The van der Waals surface area contributed by atoms with Gasteiger partial charge in [0.25, 0.3) is 0 Å². The minimum absolute atomic E-state index is 0.0147. The molecule has 520 valence electrons. The van der Waals surface area contributed by atoms with Gasteiger partial charge in [0.1, 0.15) is 6.10 Å². The van der Waals surface area contributed by atoms with Crippen LogP contribution >= 0.6 is 0 Å². The highest BCUT2D eigenvalue weighted by Gasteiger charge is 2.87. The molecule has 6 saturated heterocycles. The minimum Gasteiger partial charge on any atom is -0.390 e. The van der Waals surface area contributed by atoms with Crippen LogP contribution in [0.2, 0.25) is 0 Å². The minimum atomic E-state index is -1.24. The number of hydrogen-bond acceptors (Lipinski definition) is 16. The van der Waals surface area contributed by atoms with Crippen molar-refractivity contribution >= 4 is 0 Å². The van der Waals surface area contributed by atoms with E-state index in [0.29, 0.717) is 63.8 Å². The molecule has 16 rings (SSSR count). The van der Waals surface area contributed by atoms with Crippen molar-refractivity contribution in [3.8, 4) is 0 Å². The second-order valence-corrected chi connectivity index (χ2v) is 37.7. The zero-order chi connectivity index (χ0) is 65.3. The van der Waals surface area contributed by atoms with E-state index in [1.54, 1.807) is 27.7 Å². The fraction of sp³-hybridized carbons (Fsp3) is 1.00. The number of nitrogens with zero attached hydrogens (tertiary/aromatic N) is 5. The predicted molar refractivity (Wildman–Crippen MR) is 345 cm³/mol. The van der Waals surface area contributed by atoms with Crippen molar-refractivity contribution in [3.63, 3.8) is 0 Å².